The van der Waals surface area contributed by atoms with E-state index in [4.69, 9.17) is 16.2 Å². The number of ether oxygens (including phenoxy) is 1. The third kappa shape index (κ3) is 2.71. The van der Waals surface area contributed by atoms with E-state index in [1.54, 1.807) is 23.1 Å². The maximum atomic E-state index is 12.9. The molecule has 1 aliphatic rings. The van der Waals surface area contributed by atoms with Crippen LogP contribution < -0.4 is 21.1 Å². The molecule has 0 saturated heterocycles. The lowest BCUT2D eigenvalue weighted by atomic mass is 9.85. The maximum Gasteiger partial charge on any atom is 0.260 e. The average Bonchev–Trinajstić information content (AvgIpc) is 2.52. The van der Waals surface area contributed by atoms with Crippen molar-refractivity contribution in [3.05, 3.63) is 24.3 Å². The van der Waals surface area contributed by atoms with E-state index in [1.807, 2.05) is 19.9 Å². The van der Waals surface area contributed by atoms with Gasteiger partial charge in [-0.3, -0.25) is 9.59 Å². The van der Waals surface area contributed by atoms with Crippen molar-refractivity contribution in [3.63, 3.8) is 0 Å². The van der Waals surface area contributed by atoms with E-state index >= 15 is 0 Å². The number of benzene rings is 1. The topological polar surface area (TPSA) is 98.7 Å². The number of nitrogens with two attached hydrogens (primary N) is 2. The van der Waals surface area contributed by atoms with E-state index in [-0.39, 0.29) is 19.0 Å². The third-order valence-electron chi connectivity index (χ3n) is 4.08. The van der Waals surface area contributed by atoms with Gasteiger partial charge in [0.2, 0.25) is 5.91 Å². The molecule has 0 fully saturated rings. The van der Waals surface area contributed by atoms with Crippen LogP contribution in [0, 0.1) is 5.41 Å². The van der Waals surface area contributed by atoms with E-state index in [2.05, 4.69) is 0 Å². The molecule has 114 valence electrons. The van der Waals surface area contributed by atoms with E-state index in [9.17, 15) is 9.59 Å². The van der Waals surface area contributed by atoms with Gasteiger partial charge in [0.25, 0.3) is 5.91 Å². The van der Waals surface area contributed by atoms with Gasteiger partial charge < -0.3 is 21.1 Å². The monoisotopic (exact) mass is 291 g/mol. The van der Waals surface area contributed by atoms with Crippen LogP contribution in [0.1, 0.15) is 20.3 Å². The number of hydrogen-bond donors (Lipinski definition) is 2. The fourth-order valence-corrected chi connectivity index (χ4v) is 2.28. The third-order valence-corrected chi connectivity index (χ3v) is 4.08. The Morgan fingerprint density at radius 2 is 2.10 bits per heavy atom. The molecule has 1 aromatic carbocycles. The van der Waals surface area contributed by atoms with Crippen LogP contribution in [-0.4, -0.2) is 31.0 Å². The van der Waals surface area contributed by atoms with Crippen LogP contribution in [0.4, 0.5) is 5.69 Å². The first kappa shape index (κ1) is 15.3. The molecule has 0 radical (unpaired) electrons. The van der Waals surface area contributed by atoms with E-state index < -0.39 is 17.4 Å². The maximum absolute atomic E-state index is 12.9. The van der Waals surface area contributed by atoms with Crippen LogP contribution in [0.25, 0.3) is 0 Å². The largest absolute Gasteiger partial charge is 0.477 e. The zero-order chi connectivity index (χ0) is 15.6. The molecule has 2 rings (SSSR count). The zero-order valence-electron chi connectivity index (χ0n) is 12.3. The fraction of sp³-hybridized carbons (Fsp3) is 0.467. The van der Waals surface area contributed by atoms with Crippen LogP contribution >= 0.6 is 0 Å². The molecule has 0 aliphatic carbocycles. The van der Waals surface area contributed by atoms with Gasteiger partial charge in [0.15, 0.2) is 6.10 Å². The molecule has 0 saturated carbocycles. The van der Waals surface area contributed by atoms with Crippen molar-refractivity contribution in [2.24, 2.45) is 16.9 Å². The second-order valence-electron chi connectivity index (χ2n) is 5.51. The minimum Gasteiger partial charge on any atom is -0.477 e. The van der Waals surface area contributed by atoms with Gasteiger partial charge in [0, 0.05) is 6.54 Å². The second-order valence-corrected chi connectivity index (χ2v) is 5.51. The standard InChI is InChI=1S/C15H21N3O3/c1-3-15(2,9-16)14(20)18-8-12(13(17)19)21-11-7-5-4-6-10(11)18/h4-7,12H,3,8-9,16H2,1-2H3,(H2,17,19). The Bertz CT molecular complexity index is 555. The Hall–Kier alpha value is -2.08. The van der Waals surface area contributed by atoms with Crippen molar-refractivity contribution in [1.82, 2.24) is 0 Å². The number of rotatable bonds is 4. The number of amides is 2. The SMILES string of the molecule is CCC(C)(CN)C(=O)N1CC(C(N)=O)Oc2ccccc21. The summed E-state index contributed by atoms with van der Waals surface area (Å²) in [5.74, 6) is -0.223. The number of anilines is 1. The first-order valence-corrected chi connectivity index (χ1v) is 7.00. The number of carbonyl (C=O) groups is 2. The molecule has 0 aromatic heterocycles. The molecular weight excluding hydrogens is 270 g/mol. The smallest absolute Gasteiger partial charge is 0.260 e. The summed E-state index contributed by atoms with van der Waals surface area (Å²) in [6, 6.07) is 7.11. The summed E-state index contributed by atoms with van der Waals surface area (Å²) in [5, 5.41) is 0. The summed E-state index contributed by atoms with van der Waals surface area (Å²) in [6.45, 7) is 4.10. The lowest BCUT2D eigenvalue weighted by molar-refractivity contribution is -0.129. The first-order chi connectivity index (χ1) is 9.92. The van der Waals surface area contributed by atoms with Crippen LogP contribution in [-0.2, 0) is 9.59 Å². The van der Waals surface area contributed by atoms with Gasteiger partial charge in [-0.15, -0.1) is 0 Å². The van der Waals surface area contributed by atoms with Gasteiger partial charge in [0.1, 0.15) is 5.75 Å². The van der Waals surface area contributed by atoms with Gasteiger partial charge in [-0.2, -0.15) is 0 Å². The number of fused-ring (bicyclic) bond motifs is 1. The van der Waals surface area contributed by atoms with Crippen molar-refractivity contribution in [3.8, 4) is 5.75 Å². The van der Waals surface area contributed by atoms with Crippen molar-refractivity contribution >= 4 is 17.5 Å². The minimum absolute atomic E-state index is 0.112. The molecule has 2 atom stereocenters. The highest BCUT2D eigenvalue weighted by Crippen LogP contribution is 2.36. The summed E-state index contributed by atoms with van der Waals surface area (Å²) < 4.78 is 5.55. The highest BCUT2D eigenvalue weighted by atomic mass is 16.5. The van der Waals surface area contributed by atoms with Crippen LogP contribution in [0.15, 0.2) is 24.3 Å². The van der Waals surface area contributed by atoms with Crippen LogP contribution in [0.5, 0.6) is 5.75 Å². The number of carbonyl (C=O) groups excluding carboxylic acids is 2. The molecule has 1 heterocycles. The Labute approximate surface area is 124 Å². The zero-order valence-corrected chi connectivity index (χ0v) is 12.3. The lowest BCUT2D eigenvalue weighted by Crippen LogP contribution is -2.54. The Morgan fingerprint density at radius 3 is 2.67 bits per heavy atom. The molecule has 6 nitrogen and oxygen atoms in total. The second kappa shape index (κ2) is 5.73. The summed E-state index contributed by atoms with van der Waals surface area (Å²) in [7, 11) is 0. The summed E-state index contributed by atoms with van der Waals surface area (Å²) in [6.07, 6.45) is -0.231. The summed E-state index contributed by atoms with van der Waals surface area (Å²) in [4.78, 5) is 25.9. The fourth-order valence-electron chi connectivity index (χ4n) is 2.28. The van der Waals surface area contributed by atoms with E-state index in [0.717, 1.165) is 0 Å². The minimum atomic E-state index is -0.845. The summed E-state index contributed by atoms with van der Waals surface area (Å²) in [5.41, 5.74) is 11.1. The molecule has 21 heavy (non-hydrogen) atoms. The van der Waals surface area contributed by atoms with Crippen molar-refractivity contribution in [2.75, 3.05) is 18.0 Å². The highest BCUT2D eigenvalue weighted by Gasteiger charge is 2.39. The number of primary amides is 1. The van der Waals surface area contributed by atoms with E-state index in [0.29, 0.717) is 17.9 Å². The van der Waals surface area contributed by atoms with Crippen LogP contribution in [0.2, 0.25) is 0 Å². The normalized spacial score (nSPS) is 20.1. The molecule has 2 amide bonds. The van der Waals surface area contributed by atoms with Crippen molar-refractivity contribution < 1.29 is 14.3 Å². The Morgan fingerprint density at radius 1 is 1.43 bits per heavy atom. The molecule has 4 N–H and O–H groups in total. The first-order valence-electron chi connectivity index (χ1n) is 7.00. The Kier molecular flexibility index (Phi) is 4.18. The van der Waals surface area contributed by atoms with Crippen molar-refractivity contribution in [2.45, 2.75) is 26.4 Å². The number of para-hydroxylation sites is 2. The van der Waals surface area contributed by atoms with Gasteiger partial charge in [0.05, 0.1) is 17.6 Å². The number of nitrogens with zero attached hydrogens (tertiary/aromatic N) is 1. The average molecular weight is 291 g/mol. The molecule has 1 aromatic rings. The quantitative estimate of drug-likeness (QED) is 0.850. The van der Waals surface area contributed by atoms with Crippen molar-refractivity contribution in [1.29, 1.82) is 0 Å². The molecule has 6 heteroatoms. The Balaban J connectivity index is 2.42. The number of hydrogen-bond acceptors (Lipinski definition) is 4. The summed E-state index contributed by atoms with van der Waals surface area (Å²) >= 11 is 0. The van der Waals surface area contributed by atoms with Gasteiger partial charge >= 0.3 is 0 Å². The molecule has 2 unspecified atom stereocenters. The molecule has 1 aliphatic heterocycles. The predicted octanol–water partition coefficient (Wildman–Crippen LogP) is 0.641. The molecule has 0 bridgehead atoms. The highest BCUT2D eigenvalue weighted by molar-refractivity contribution is 6.00. The van der Waals surface area contributed by atoms with Crippen LogP contribution in [0.3, 0.4) is 0 Å². The molecule has 0 spiro atoms. The van der Waals surface area contributed by atoms with Gasteiger partial charge in [-0.25, -0.2) is 0 Å². The van der Waals surface area contributed by atoms with Gasteiger partial charge in [-0.05, 0) is 25.5 Å². The lowest BCUT2D eigenvalue weighted by Gasteiger charge is -2.38. The molecular formula is C15H21N3O3. The van der Waals surface area contributed by atoms with Gasteiger partial charge in [-0.1, -0.05) is 19.1 Å². The van der Waals surface area contributed by atoms with E-state index in [1.165, 1.54) is 0 Å². The predicted molar refractivity (Wildman–Crippen MR) is 79.9 cm³/mol.